The Balaban J connectivity index is 2.16. The second kappa shape index (κ2) is 8.44. The molecule has 2 amide bonds. The minimum Gasteiger partial charge on any atom is -0.308 e. The number of para-hydroxylation sites is 1. The molecule has 0 unspecified atom stereocenters. The van der Waals surface area contributed by atoms with E-state index in [9.17, 15) is 13.2 Å². The molecule has 1 aliphatic heterocycles. The van der Waals surface area contributed by atoms with Crippen LogP contribution in [0.1, 0.15) is 70.4 Å². The van der Waals surface area contributed by atoms with Crippen LogP contribution in [0.2, 0.25) is 0 Å². The molecule has 7 heteroatoms. The number of amides is 2. The van der Waals surface area contributed by atoms with E-state index in [1.165, 1.54) is 0 Å². The van der Waals surface area contributed by atoms with Crippen LogP contribution in [-0.2, 0) is 10.0 Å². The van der Waals surface area contributed by atoms with Crippen LogP contribution >= 0.6 is 0 Å². The minimum atomic E-state index is -3.88. The van der Waals surface area contributed by atoms with Crippen molar-refractivity contribution in [3.05, 3.63) is 40.8 Å². The Kier molecular flexibility index (Phi) is 6.70. The molecule has 1 saturated heterocycles. The normalized spacial score (nSPS) is 20.6. The lowest BCUT2D eigenvalue weighted by molar-refractivity contribution is 0.256. The molecule has 1 fully saturated rings. The Labute approximate surface area is 162 Å². The van der Waals surface area contributed by atoms with Crippen molar-refractivity contribution >= 4 is 21.7 Å². The quantitative estimate of drug-likeness (QED) is 0.681. The van der Waals surface area contributed by atoms with Gasteiger partial charge in [0, 0.05) is 16.6 Å². The zero-order chi connectivity index (χ0) is 20.2. The number of nitrogens with one attached hydrogen (secondary N) is 3. The average Bonchev–Trinajstić information content (AvgIpc) is 2.99. The maximum absolute atomic E-state index is 12.4. The van der Waals surface area contributed by atoms with E-state index in [-0.39, 0.29) is 17.4 Å². The molecule has 1 atom stereocenters. The van der Waals surface area contributed by atoms with Gasteiger partial charge in [0.15, 0.2) is 0 Å². The largest absolute Gasteiger partial charge is 0.333 e. The second-order valence-corrected chi connectivity index (χ2v) is 9.54. The SMILES string of the molecule is CC(C)c1cccc(C(C)C)c1NC(=O)NS(=O)(=O)/C=C/[C@@]1(C)CCCN1. The molecule has 0 bridgehead atoms. The maximum Gasteiger partial charge on any atom is 0.333 e. The van der Waals surface area contributed by atoms with Gasteiger partial charge in [-0.2, -0.15) is 0 Å². The number of urea groups is 1. The Bertz CT molecular complexity index is 782. The highest BCUT2D eigenvalue weighted by molar-refractivity contribution is 7.92. The number of hydrogen-bond acceptors (Lipinski definition) is 4. The number of anilines is 1. The van der Waals surface area contributed by atoms with Crippen LogP contribution < -0.4 is 15.4 Å². The fourth-order valence-corrected chi connectivity index (χ4v) is 4.15. The molecule has 1 heterocycles. The van der Waals surface area contributed by atoms with Crippen LogP contribution in [0.4, 0.5) is 10.5 Å². The topological polar surface area (TPSA) is 87.3 Å². The monoisotopic (exact) mass is 393 g/mol. The molecule has 27 heavy (non-hydrogen) atoms. The van der Waals surface area contributed by atoms with E-state index in [1.807, 2.05) is 52.8 Å². The lowest BCUT2D eigenvalue weighted by atomic mass is 9.93. The Morgan fingerprint density at radius 1 is 1.19 bits per heavy atom. The number of sulfonamides is 1. The zero-order valence-corrected chi connectivity index (χ0v) is 17.6. The lowest BCUT2D eigenvalue weighted by Crippen LogP contribution is -2.36. The summed E-state index contributed by atoms with van der Waals surface area (Å²) in [6, 6.07) is 5.11. The number of carbonyl (C=O) groups is 1. The molecule has 3 N–H and O–H groups in total. The summed E-state index contributed by atoms with van der Waals surface area (Å²) in [6.45, 7) is 11.0. The molecule has 1 aromatic carbocycles. The zero-order valence-electron chi connectivity index (χ0n) is 16.8. The van der Waals surface area contributed by atoms with Gasteiger partial charge in [-0.05, 0) is 49.3 Å². The van der Waals surface area contributed by atoms with Gasteiger partial charge in [-0.15, -0.1) is 0 Å². The Morgan fingerprint density at radius 2 is 1.78 bits per heavy atom. The van der Waals surface area contributed by atoms with E-state index in [1.54, 1.807) is 6.08 Å². The van der Waals surface area contributed by atoms with E-state index in [2.05, 4.69) is 15.4 Å². The van der Waals surface area contributed by atoms with Crippen molar-refractivity contribution in [3.63, 3.8) is 0 Å². The molecule has 0 radical (unpaired) electrons. The van der Waals surface area contributed by atoms with E-state index in [4.69, 9.17) is 0 Å². The fraction of sp³-hybridized carbons (Fsp3) is 0.550. The Hall–Kier alpha value is -1.86. The lowest BCUT2D eigenvalue weighted by Gasteiger charge is -2.20. The molecular formula is C20H31N3O3S. The second-order valence-electron chi connectivity index (χ2n) is 7.97. The number of rotatable bonds is 6. The van der Waals surface area contributed by atoms with Crippen molar-refractivity contribution in [3.8, 4) is 0 Å². The first-order valence-electron chi connectivity index (χ1n) is 9.44. The van der Waals surface area contributed by atoms with Crippen molar-refractivity contribution in [2.24, 2.45) is 0 Å². The van der Waals surface area contributed by atoms with E-state index in [0.717, 1.165) is 35.9 Å². The Morgan fingerprint density at radius 3 is 2.26 bits per heavy atom. The molecule has 0 saturated carbocycles. The first-order valence-corrected chi connectivity index (χ1v) is 11.0. The highest BCUT2D eigenvalue weighted by Gasteiger charge is 2.26. The van der Waals surface area contributed by atoms with Crippen LogP contribution in [0.5, 0.6) is 0 Å². The third kappa shape index (κ3) is 5.81. The van der Waals surface area contributed by atoms with Crippen LogP contribution in [-0.4, -0.2) is 26.5 Å². The first kappa shape index (κ1) is 21.4. The van der Waals surface area contributed by atoms with Crippen LogP contribution in [0.3, 0.4) is 0 Å². The summed E-state index contributed by atoms with van der Waals surface area (Å²) in [5.74, 6) is 0.396. The smallest absolute Gasteiger partial charge is 0.308 e. The van der Waals surface area contributed by atoms with Crippen molar-refractivity contribution in [2.75, 3.05) is 11.9 Å². The summed E-state index contributed by atoms with van der Waals surface area (Å²) in [5, 5.41) is 7.09. The third-order valence-electron chi connectivity index (χ3n) is 4.86. The average molecular weight is 394 g/mol. The standard InChI is InChI=1S/C20H31N3O3S/c1-14(2)16-8-6-9-17(15(3)4)18(16)22-19(24)23-27(25,26)13-11-20(5)10-7-12-21-20/h6,8-9,11,13-15,21H,7,10,12H2,1-5H3,(H2,22,23,24)/b13-11+/t20-/m1/s1. The number of hydrogen-bond donors (Lipinski definition) is 3. The van der Waals surface area contributed by atoms with Crippen molar-refractivity contribution in [1.82, 2.24) is 10.0 Å². The summed E-state index contributed by atoms with van der Waals surface area (Å²) < 4.78 is 26.6. The van der Waals surface area contributed by atoms with Gasteiger partial charge in [0.2, 0.25) is 0 Å². The van der Waals surface area contributed by atoms with Crippen LogP contribution in [0.25, 0.3) is 0 Å². The van der Waals surface area contributed by atoms with Gasteiger partial charge < -0.3 is 10.6 Å². The van der Waals surface area contributed by atoms with Crippen molar-refractivity contribution in [2.45, 2.75) is 64.8 Å². The summed E-state index contributed by atoms with van der Waals surface area (Å²) in [6.07, 6.45) is 3.47. The summed E-state index contributed by atoms with van der Waals surface area (Å²) >= 11 is 0. The molecular weight excluding hydrogens is 362 g/mol. The minimum absolute atomic E-state index is 0.198. The molecule has 0 aliphatic carbocycles. The van der Waals surface area contributed by atoms with E-state index < -0.39 is 16.1 Å². The van der Waals surface area contributed by atoms with Gasteiger partial charge >= 0.3 is 6.03 Å². The highest BCUT2D eigenvalue weighted by atomic mass is 32.2. The van der Waals surface area contributed by atoms with Gasteiger partial charge in [0.05, 0.1) is 0 Å². The van der Waals surface area contributed by atoms with E-state index >= 15 is 0 Å². The summed E-state index contributed by atoms with van der Waals surface area (Å²) in [5.41, 5.74) is 2.29. The molecule has 150 valence electrons. The molecule has 0 aromatic heterocycles. The van der Waals surface area contributed by atoms with Crippen LogP contribution in [0.15, 0.2) is 29.7 Å². The van der Waals surface area contributed by atoms with E-state index in [0.29, 0.717) is 5.69 Å². The van der Waals surface area contributed by atoms with Gasteiger partial charge in [0.25, 0.3) is 10.0 Å². The van der Waals surface area contributed by atoms with Crippen molar-refractivity contribution in [1.29, 1.82) is 0 Å². The van der Waals surface area contributed by atoms with Gasteiger partial charge in [-0.25, -0.2) is 17.9 Å². The molecule has 2 rings (SSSR count). The highest BCUT2D eigenvalue weighted by Crippen LogP contribution is 2.32. The molecule has 1 aromatic rings. The third-order valence-corrected chi connectivity index (χ3v) is 5.83. The van der Waals surface area contributed by atoms with Crippen molar-refractivity contribution < 1.29 is 13.2 Å². The number of benzene rings is 1. The maximum atomic E-state index is 12.4. The molecule has 6 nitrogen and oxygen atoms in total. The fourth-order valence-electron chi connectivity index (χ4n) is 3.30. The van der Waals surface area contributed by atoms with Gasteiger partial charge in [-0.3, -0.25) is 0 Å². The molecule has 1 aliphatic rings. The van der Waals surface area contributed by atoms with Crippen LogP contribution in [0, 0.1) is 0 Å². The summed E-state index contributed by atoms with van der Waals surface area (Å²) in [7, 11) is -3.88. The van der Waals surface area contributed by atoms with Gasteiger partial charge in [-0.1, -0.05) is 52.0 Å². The number of carbonyl (C=O) groups excluding carboxylic acids is 1. The predicted molar refractivity (Wildman–Crippen MR) is 110 cm³/mol. The van der Waals surface area contributed by atoms with Gasteiger partial charge in [0.1, 0.15) is 0 Å². The summed E-state index contributed by atoms with van der Waals surface area (Å²) in [4.78, 5) is 12.4. The molecule has 0 spiro atoms. The first-order chi connectivity index (χ1) is 12.5. The predicted octanol–water partition coefficient (Wildman–Crippen LogP) is 4.04.